The highest BCUT2D eigenvalue weighted by molar-refractivity contribution is 5.76. The normalized spacial score (nSPS) is 22.4. The maximum atomic E-state index is 13.3. The molecule has 4 fully saturated rings. The second kappa shape index (κ2) is 33.4. The fourth-order valence-corrected chi connectivity index (χ4v) is 11.6. The van der Waals surface area contributed by atoms with Gasteiger partial charge in [-0.1, -0.05) is 105 Å². The predicted octanol–water partition coefficient (Wildman–Crippen LogP) is 11.0. The van der Waals surface area contributed by atoms with Gasteiger partial charge in [0.1, 0.15) is 25.6 Å². The number of rotatable bonds is 39. The Morgan fingerprint density at radius 1 is 0.536 bits per heavy atom. The van der Waals surface area contributed by atoms with E-state index >= 15 is 0 Å². The molecule has 14 heteroatoms. The van der Waals surface area contributed by atoms with E-state index in [0.29, 0.717) is 56.7 Å². The van der Waals surface area contributed by atoms with Gasteiger partial charge in [-0.15, -0.1) is 0 Å². The molecule has 1 spiro atoms. The highest BCUT2D eigenvalue weighted by atomic mass is 16.7. The van der Waals surface area contributed by atoms with Gasteiger partial charge < -0.3 is 43.2 Å². The first-order valence-corrected chi connectivity index (χ1v) is 27.5. The highest BCUT2D eigenvalue weighted by Gasteiger charge is 2.70. The van der Waals surface area contributed by atoms with Gasteiger partial charge in [0.05, 0.1) is 38.3 Å². The number of aliphatic hydroxyl groups is 1. The van der Waals surface area contributed by atoms with Gasteiger partial charge >= 0.3 is 30.0 Å². The monoisotopic (exact) mass is 978 g/mol. The molecule has 4 aliphatic carbocycles. The van der Waals surface area contributed by atoms with Crippen LogP contribution in [0, 0.1) is 34.0 Å². The topological polar surface area (TPSA) is 181 Å². The van der Waals surface area contributed by atoms with Crippen LogP contribution in [-0.2, 0) is 52.4 Å². The van der Waals surface area contributed by atoms with Crippen LogP contribution >= 0.6 is 0 Å². The molecule has 0 amide bonds. The average molecular weight is 978 g/mol. The minimum atomic E-state index is -1.36. The second-order valence-corrected chi connectivity index (χ2v) is 21.3. The molecule has 0 aromatic rings. The van der Waals surface area contributed by atoms with Crippen molar-refractivity contribution < 1.29 is 62.3 Å². The number of Topliss-reactive ketones (excluding diaryl/α,β-unsaturated/α-hetero) is 1. The summed E-state index contributed by atoms with van der Waals surface area (Å²) >= 11 is 0. The molecule has 0 aromatic carbocycles. The van der Waals surface area contributed by atoms with Crippen LogP contribution in [-0.4, -0.2) is 112 Å². The van der Waals surface area contributed by atoms with Gasteiger partial charge in [0.25, 0.3) is 0 Å². The van der Waals surface area contributed by atoms with E-state index in [9.17, 15) is 33.9 Å². The molecular weight excluding hydrogens is 883 g/mol. The summed E-state index contributed by atoms with van der Waals surface area (Å²) in [4.78, 5) is 74.8. The lowest BCUT2D eigenvalue weighted by atomic mass is 9.55. The summed E-state index contributed by atoms with van der Waals surface area (Å²) in [6, 6.07) is 0. The number of ketones is 1. The van der Waals surface area contributed by atoms with Crippen LogP contribution in [0.2, 0.25) is 0 Å². The number of aliphatic hydroxyl groups excluding tert-OH is 1. The van der Waals surface area contributed by atoms with Crippen molar-refractivity contribution in [1.82, 2.24) is 4.90 Å². The summed E-state index contributed by atoms with van der Waals surface area (Å²) in [6.07, 6.45) is 25.6. The lowest BCUT2D eigenvalue weighted by molar-refractivity contribution is -0.161. The molecule has 69 heavy (non-hydrogen) atoms. The number of fused-ring (bicyclic) bond motifs is 2. The molecule has 398 valence electrons. The Kier molecular flexibility index (Phi) is 29.1. The summed E-state index contributed by atoms with van der Waals surface area (Å²) in [5, 5.41) is 10.5. The van der Waals surface area contributed by atoms with Crippen molar-refractivity contribution in [2.75, 3.05) is 65.9 Å². The standard InChI is InChI=1S/C40H67NO10.C15H28O3/c1-4-7-8-9-10-11-12-18-47-34(43)15-13-16-35(44)49-28-39(27-42,30-51-37(46)48-19-14-17-41(5-2)6-3)29-50-36(45)25-38-22-31-20-32-21-33(24-38)40(32,23-31)26-38;1-3-4-5-6-7-8-9-13-18-15(17)12-10-11-14(2)16/h31-33,42H,4-30H2,1-3H3;3-13H2,1-2H3. The summed E-state index contributed by atoms with van der Waals surface area (Å²) < 4.78 is 32.4. The lowest BCUT2D eigenvalue weighted by Crippen LogP contribution is -2.43. The van der Waals surface area contributed by atoms with Crippen molar-refractivity contribution in [2.45, 2.75) is 214 Å². The second-order valence-electron chi connectivity index (χ2n) is 21.3. The van der Waals surface area contributed by atoms with E-state index in [-0.39, 0.29) is 74.8 Å². The average Bonchev–Trinajstić information content (AvgIpc) is 3.64. The maximum absolute atomic E-state index is 13.3. The molecule has 0 heterocycles. The van der Waals surface area contributed by atoms with Crippen LogP contribution in [0.15, 0.2) is 0 Å². The molecule has 4 aliphatic rings. The van der Waals surface area contributed by atoms with Gasteiger partial charge in [0, 0.05) is 32.2 Å². The third kappa shape index (κ3) is 22.4. The Bertz CT molecular complexity index is 1520. The number of unbranched alkanes of at least 4 members (excludes halogenated alkanes) is 12. The number of hydrogen-bond acceptors (Lipinski definition) is 14. The zero-order valence-corrected chi connectivity index (χ0v) is 43.9. The van der Waals surface area contributed by atoms with Gasteiger partial charge in [-0.3, -0.25) is 19.2 Å². The molecule has 6 atom stereocenters. The van der Waals surface area contributed by atoms with E-state index in [0.717, 1.165) is 82.8 Å². The molecule has 0 aliphatic heterocycles. The molecule has 1 N–H and O–H groups in total. The molecule has 0 saturated heterocycles. The third-order valence-electron chi connectivity index (χ3n) is 15.4. The van der Waals surface area contributed by atoms with Crippen molar-refractivity contribution in [3.05, 3.63) is 0 Å². The van der Waals surface area contributed by atoms with Crippen molar-refractivity contribution in [2.24, 2.45) is 34.0 Å². The van der Waals surface area contributed by atoms with Gasteiger partial charge in [-0.2, -0.15) is 0 Å². The van der Waals surface area contributed by atoms with Crippen LogP contribution in [0.25, 0.3) is 0 Å². The van der Waals surface area contributed by atoms with Crippen LogP contribution in [0.5, 0.6) is 0 Å². The number of carbonyl (C=O) groups is 6. The first-order chi connectivity index (χ1) is 33.3. The molecule has 14 nitrogen and oxygen atoms in total. The third-order valence-corrected chi connectivity index (χ3v) is 15.4. The first kappa shape index (κ1) is 60.0. The molecular formula is C55H95NO13. The maximum Gasteiger partial charge on any atom is 0.508 e. The van der Waals surface area contributed by atoms with E-state index in [2.05, 4.69) is 32.6 Å². The molecule has 6 unspecified atom stereocenters. The Balaban J connectivity index is 0.000000592. The number of ether oxygens (including phenoxy) is 6. The lowest BCUT2D eigenvalue weighted by Gasteiger charge is -2.49. The smallest absolute Gasteiger partial charge is 0.466 e. The fourth-order valence-electron chi connectivity index (χ4n) is 11.6. The predicted molar refractivity (Wildman–Crippen MR) is 265 cm³/mol. The van der Waals surface area contributed by atoms with Gasteiger partial charge in [0.15, 0.2) is 0 Å². The Morgan fingerprint density at radius 3 is 1.59 bits per heavy atom. The molecule has 4 saturated carbocycles. The number of hydrogen-bond donors (Lipinski definition) is 1. The van der Waals surface area contributed by atoms with Crippen molar-refractivity contribution in [3.8, 4) is 0 Å². The van der Waals surface area contributed by atoms with Crippen LogP contribution in [0.4, 0.5) is 4.79 Å². The summed E-state index contributed by atoms with van der Waals surface area (Å²) in [5.41, 5.74) is -0.913. The molecule has 3 bridgehead atoms. The highest BCUT2D eigenvalue weighted by Crippen LogP contribution is 2.79. The largest absolute Gasteiger partial charge is 0.508 e. The summed E-state index contributed by atoms with van der Waals surface area (Å²) in [5.74, 6) is 1.01. The van der Waals surface area contributed by atoms with Crippen LogP contribution in [0.1, 0.15) is 214 Å². The SMILES string of the molecule is CCCCCCCCCOC(=O)CCCC(=O)OCC(CO)(COC(=O)CC12CC3CC4CC(C1)C4(C3)C2)COC(=O)OCCCN(CC)CC.CCCCCCCCCOC(=O)CCCC(C)=O. The Morgan fingerprint density at radius 2 is 1.04 bits per heavy atom. The Hall–Kier alpha value is -3.26. The summed E-state index contributed by atoms with van der Waals surface area (Å²) in [7, 11) is 0. The molecule has 4 rings (SSSR count). The van der Waals surface area contributed by atoms with E-state index < -0.39 is 24.1 Å². The van der Waals surface area contributed by atoms with Gasteiger partial charge in [-0.05, 0) is 119 Å². The number of esters is 4. The quantitative estimate of drug-likeness (QED) is 0.0349. The van der Waals surface area contributed by atoms with E-state index in [1.165, 1.54) is 77.0 Å². The van der Waals surface area contributed by atoms with Crippen molar-refractivity contribution in [3.63, 3.8) is 0 Å². The van der Waals surface area contributed by atoms with E-state index in [4.69, 9.17) is 28.4 Å². The van der Waals surface area contributed by atoms with Crippen LogP contribution in [0.3, 0.4) is 0 Å². The minimum Gasteiger partial charge on any atom is -0.466 e. The van der Waals surface area contributed by atoms with E-state index in [1.807, 2.05) is 0 Å². The molecule has 0 radical (unpaired) electrons. The zero-order valence-electron chi connectivity index (χ0n) is 43.9. The molecule has 0 aromatic heterocycles. The van der Waals surface area contributed by atoms with Crippen molar-refractivity contribution in [1.29, 1.82) is 0 Å². The van der Waals surface area contributed by atoms with Gasteiger partial charge in [0.2, 0.25) is 0 Å². The van der Waals surface area contributed by atoms with E-state index in [1.54, 1.807) is 6.92 Å². The summed E-state index contributed by atoms with van der Waals surface area (Å²) in [6.45, 7) is 12.3. The zero-order chi connectivity index (χ0) is 50.4. The fraction of sp³-hybridized carbons (Fsp3) is 0.891. The minimum absolute atomic E-state index is 0.00884. The van der Waals surface area contributed by atoms with Gasteiger partial charge in [-0.25, -0.2) is 4.79 Å². The Labute approximate surface area is 416 Å². The number of nitrogens with zero attached hydrogens (tertiary/aromatic N) is 1. The van der Waals surface area contributed by atoms with Crippen LogP contribution < -0.4 is 0 Å². The number of carbonyl (C=O) groups excluding carboxylic acids is 6. The van der Waals surface area contributed by atoms with Crippen molar-refractivity contribution >= 4 is 35.8 Å². The first-order valence-electron chi connectivity index (χ1n) is 27.5.